The highest BCUT2D eigenvalue weighted by molar-refractivity contribution is 5.86. The Balaban J connectivity index is 1.22. The first-order valence-corrected chi connectivity index (χ1v) is 18.0. The van der Waals surface area contributed by atoms with Gasteiger partial charge in [0.05, 0.1) is 5.69 Å². The van der Waals surface area contributed by atoms with E-state index in [1.54, 1.807) is 0 Å². The van der Waals surface area contributed by atoms with Gasteiger partial charge in [-0.1, -0.05) is 176 Å². The Morgan fingerprint density at radius 3 is 1.07 bits per heavy atom. The molecule has 0 saturated heterocycles. The summed E-state index contributed by atoms with van der Waals surface area (Å²) >= 11 is 0. The molecule has 7 aromatic carbocycles. The molecule has 9 rings (SSSR count). The Kier molecular flexibility index (Phi) is 8.90. The van der Waals surface area contributed by atoms with Crippen molar-refractivity contribution in [1.82, 2.24) is 19.9 Å². The lowest BCUT2D eigenvalue weighted by molar-refractivity contribution is 1.07. The molecular formula is C50H34N4. The normalized spacial score (nSPS) is 11.0. The third kappa shape index (κ3) is 6.84. The summed E-state index contributed by atoms with van der Waals surface area (Å²) in [5.41, 5.74) is 13.5. The largest absolute Gasteiger partial charge is 0.256 e. The highest BCUT2D eigenvalue weighted by Crippen LogP contribution is 2.37. The number of pyridine rings is 1. The lowest BCUT2D eigenvalue weighted by Crippen LogP contribution is -2.01. The first-order valence-electron chi connectivity index (χ1n) is 18.0. The van der Waals surface area contributed by atoms with E-state index in [4.69, 9.17) is 19.9 Å². The number of hydrogen-bond donors (Lipinski definition) is 0. The van der Waals surface area contributed by atoms with Crippen LogP contribution >= 0.6 is 0 Å². The van der Waals surface area contributed by atoms with Crippen LogP contribution in [0.4, 0.5) is 0 Å². The molecule has 0 fully saturated rings. The lowest BCUT2D eigenvalue weighted by Gasteiger charge is -2.14. The summed E-state index contributed by atoms with van der Waals surface area (Å²) in [7, 11) is 0. The number of aromatic nitrogens is 4. The topological polar surface area (TPSA) is 51.6 Å². The number of benzene rings is 7. The fourth-order valence-electron chi connectivity index (χ4n) is 6.82. The van der Waals surface area contributed by atoms with E-state index >= 15 is 0 Å². The van der Waals surface area contributed by atoms with Gasteiger partial charge >= 0.3 is 0 Å². The van der Waals surface area contributed by atoms with Crippen molar-refractivity contribution in [2.75, 3.05) is 0 Å². The summed E-state index contributed by atoms with van der Waals surface area (Å²) in [5, 5.41) is 0. The summed E-state index contributed by atoms with van der Waals surface area (Å²) in [6.45, 7) is 0. The fourth-order valence-corrected chi connectivity index (χ4v) is 6.82. The van der Waals surface area contributed by atoms with Crippen molar-refractivity contribution >= 4 is 0 Å². The Hall–Kier alpha value is -7.30. The number of rotatable bonds is 8. The van der Waals surface area contributed by atoms with E-state index in [9.17, 15) is 0 Å². The van der Waals surface area contributed by atoms with Gasteiger partial charge in [0.25, 0.3) is 0 Å². The highest BCUT2D eigenvalue weighted by atomic mass is 15.0. The summed E-state index contributed by atoms with van der Waals surface area (Å²) < 4.78 is 0. The predicted molar refractivity (Wildman–Crippen MR) is 221 cm³/mol. The summed E-state index contributed by atoms with van der Waals surface area (Å²) in [4.78, 5) is 20.3. The standard InChI is InChI=1S/C50H34N4/c1-5-14-35(15-6-1)38-23-27-41(28-24-38)48-52-49(42-29-25-39(26-30-42)36-16-7-2-8-17-36)54-50(53-48)45-33-43(37-18-9-3-10-19-37)32-44(34-45)46-22-13-31-51-47(46)40-20-11-4-12-21-40/h1-34H. The van der Waals surface area contributed by atoms with E-state index in [1.165, 1.54) is 0 Å². The van der Waals surface area contributed by atoms with Crippen molar-refractivity contribution in [2.45, 2.75) is 0 Å². The van der Waals surface area contributed by atoms with Crippen LogP contribution in [0.1, 0.15) is 0 Å². The smallest absolute Gasteiger partial charge is 0.164 e. The second kappa shape index (κ2) is 14.7. The molecule has 0 aliphatic heterocycles. The van der Waals surface area contributed by atoms with Crippen LogP contribution in [0.25, 0.3) is 89.9 Å². The van der Waals surface area contributed by atoms with Crippen LogP contribution in [0.3, 0.4) is 0 Å². The highest BCUT2D eigenvalue weighted by Gasteiger charge is 2.17. The van der Waals surface area contributed by atoms with E-state index in [2.05, 4.69) is 158 Å². The quantitative estimate of drug-likeness (QED) is 0.159. The van der Waals surface area contributed by atoms with E-state index in [0.717, 1.165) is 72.5 Å². The molecule has 0 amide bonds. The molecule has 2 heterocycles. The third-order valence-corrected chi connectivity index (χ3v) is 9.60. The first-order chi connectivity index (χ1) is 26.7. The van der Waals surface area contributed by atoms with E-state index in [1.807, 2.05) is 48.7 Å². The third-order valence-electron chi connectivity index (χ3n) is 9.60. The molecule has 0 saturated carbocycles. The van der Waals surface area contributed by atoms with E-state index in [0.29, 0.717) is 17.5 Å². The summed E-state index contributed by atoms with van der Waals surface area (Å²) in [6, 6.07) is 69.2. The average molecular weight is 691 g/mol. The van der Waals surface area contributed by atoms with Crippen LogP contribution in [0.15, 0.2) is 206 Å². The average Bonchev–Trinajstić information content (AvgIpc) is 3.27. The molecule has 54 heavy (non-hydrogen) atoms. The predicted octanol–water partition coefficient (Wildman–Crippen LogP) is 12.6. The van der Waals surface area contributed by atoms with Crippen molar-refractivity contribution < 1.29 is 0 Å². The molecule has 0 aliphatic carbocycles. The minimum atomic E-state index is 0.596. The zero-order valence-electron chi connectivity index (χ0n) is 29.4. The maximum absolute atomic E-state index is 5.18. The molecule has 0 atom stereocenters. The Labute approximate surface area is 315 Å². The molecule has 0 spiro atoms. The van der Waals surface area contributed by atoms with Gasteiger partial charge < -0.3 is 0 Å². The number of nitrogens with zero attached hydrogens (tertiary/aromatic N) is 4. The lowest BCUT2D eigenvalue weighted by atomic mass is 9.93. The molecule has 0 radical (unpaired) electrons. The first kappa shape index (κ1) is 32.6. The van der Waals surface area contributed by atoms with Gasteiger partial charge in [-0.05, 0) is 63.2 Å². The second-order valence-electron chi connectivity index (χ2n) is 13.1. The van der Waals surface area contributed by atoms with Crippen LogP contribution in [-0.4, -0.2) is 19.9 Å². The van der Waals surface area contributed by atoms with Crippen LogP contribution in [0, 0.1) is 0 Å². The maximum atomic E-state index is 5.18. The van der Waals surface area contributed by atoms with Gasteiger partial charge in [0.1, 0.15) is 0 Å². The molecule has 0 aliphatic rings. The molecule has 0 bridgehead atoms. The van der Waals surface area contributed by atoms with Crippen molar-refractivity contribution in [3.05, 3.63) is 206 Å². The van der Waals surface area contributed by atoms with E-state index < -0.39 is 0 Å². The van der Waals surface area contributed by atoms with Crippen molar-refractivity contribution in [3.8, 4) is 89.9 Å². The minimum absolute atomic E-state index is 0.596. The minimum Gasteiger partial charge on any atom is -0.256 e. The van der Waals surface area contributed by atoms with Crippen LogP contribution in [0.5, 0.6) is 0 Å². The Bertz CT molecular complexity index is 2560. The monoisotopic (exact) mass is 690 g/mol. The zero-order valence-corrected chi connectivity index (χ0v) is 29.4. The van der Waals surface area contributed by atoms with Gasteiger partial charge in [0.15, 0.2) is 17.5 Å². The van der Waals surface area contributed by atoms with Crippen molar-refractivity contribution in [1.29, 1.82) is 0 Å². The Morgan fingerprint density at radius 2 is 0.593 bits per heavy atom. The second-order valence-corrected chi connectivity index (χ2v) is 13.1. The molecular weight excluding hydrogens is 657 g/mol. The van der Waals surface area contributed by atoms with Gasteiger partial charge in [0.2, 0.25) is 0 Å². The molecule has 4 nitrogen and oxygen atoms in total. The fraction of sp³-hybridized carbons (Fsp3) is 0. The number of hydrogen-bond acceptors (Lipinski definition) is 4. The van der Waals surface area contributed by atoms with Crippen LogP contribution in [-0.2, 0) is 0 Å². The molecule has 2 aromatic heterocycles. The van der Waals surface area contributed by atoms with E-state index in [-0.39, 0.29) is 0 Å². The van der Waals surface area contributed by atoms with Gasteiger partial charge in [-0.25, -0.2) is 15.0 Å². The van der Waals surface area contributed by atoms with Gasteiger partial charge in [-0.2, -0.15) is 0 Å². The van der Waals surface area contributed by atoms with Gasteiger partial charge in [0, 0.05) is 34.0 Å². The summed E-state index contributed by atoms with van der Waals surface area (Å²) in [6.07, 6.45) is 1.85. The van der Waals surface area contributed by atoms with Crippen molar-refractivity contribution in [2.24, 2.45) is 0 Å². The molecule has 254 valence electrons. The molecule has 0 N–H and O–H groups in total. The molecule has 4 heteroatoms. The van der Waals surface area contributed by atoms with Crippen molar-refractivity contribution in [3.63, 3.8) is 0 Å². The molecule has 0 unspecified atom stereocenters. The SMILES string of the molecule is c1ccc(-c2ccc(-c3nc(-c4ccc(-c5ccccc5)cc4)nc(-c4cc(-c5ccccc5)cc(-c5cccnc5-c5ccccc5)c4)n3)cc2)cc1. The molecule has 9 aromatic rings. The Morgan fingerprint density at radius 1 is 0.241 bits per heavy atom. The van der Waals surface area contributed by atoms with Gasteiger partial charge in [-0.15, -0.1) is 0 Å². The van der Waals surface area contributed by atoms with Crippen LogP contribution < -0.4 is 0 Å². The van der Waals surface area contributed by atoms with Gasteiger partial charge in [-0.3, -0.25) is 4.98 Å². The van der Waals surface area contributed by atoms with Crippen LogP contribution in [0.2, 0.25) is 0 Å². The maximum Gasteiger partial charge on any atom is 0.164 e. The zero-order chi connectivity index (χ0) is 36.1. The summed E-state index contributed by atoms with van der Waals surface area (Å²) in [5.74, 6) is 1.82.